The van der Waals surface area contributed by atoms with Gasteiger partial charge in [-0.2, -0.15) is 0 Å². The van der Waals surface area contributed by atoms with Gasteiger partial charge in [-0.1, -0.05) is 36.4 Å². The summed E-state index contributed by atoms with van der Waals surface area (Å²) in [5.41, 5.74) is 5.54. The molecule has 1 aliphatic carbocycles. The molecule has 2 aromatic rings. The predicted octanol–water partition coefficient (Wildman–Crippen LogP) is 2.91. The highest BCUT2D eigenvalue weighted by molar-refractivity contribution is 5.42. The molecule has 27 heavy (non-hydrogen) atoms. The topological polar surface area (TPSA) is 44.7 Å². The van der Waals surface area contributed by atoms with Crippen LogP contribution in [-0.2, 0) is 25.9 Å². The van der Waals surface area contributed by atoms with Gasteiger partial charge in [0.25, 0.3) is 0 Å². The Bertz CT molecular complexity index is 777. The summed E-state index contributed by atoms with van der Waals surface area (Å²) in [5, 5.41) is 13.6. The lowest BCUT2D eigenvalue weighted by molar-refractivity contribution is 0.174. The number of nitrogens with one attached hydrogen (secondary N) is 1. The van der Waals surface area contributed by atoms with Crippen LogP contribution in [0, 0.1) is 0 Å². The van der Waals surface area contributed by atoms with Crippen molar-refractivity contribution in [2.45, 2.75) is 50.9 Å². The average Bonchev–Trinajstić information content (AvgIpc) is 3.11. The van der Waals surface area contributed by atoms with E-state index < -0.39 is 0 Å². The molecule has 144 valence electrons. The second-order valence-electron chi connectivity index (χ2n) is 7.86. The van der Waals surface area contributed by atoms with E-state index in [0.717, 1.165) is 57.6 Å². The minimum atomic E-state index is -0.158. The van der Waals surface area contributed by atoms with Gasteiger partial charge in [0, 0.05) is 32.2 Å². The van der Waals surface area contributed by atoms with Gasteiger partial charge in [-0.15, -0.1) is 0 Å². The monoisotopic (exact) mass is 366 g/mol. The molecule has 2 aliphatic rings. The van der Waals surface area contributed by atoms with Gasteiger partial charge in [-0.3, -0.25) is 4.90 Å². The zero-order valence-corrected chi connectivity index (χ0v) is 16.2. The molecular weight excluding hydrogens is 336 g/mol. The highest BCUT2D eigenvalue weighted by atomic mass is 16.5. The van der Waals surface area contributed by atoms with Crippen molar-refractivity contribution in [1.82, 2.24) is 10.2 Å². The van der Waals surface area contributed by atoms with E-state index in [1.165, 1.54) is 22.3 Å². The Hall–Kier alpha value is -1.88. The summed E-state index contributed by atoms with van der Waals surface area (Å²) in [6.07, 6.45) is 4.02. The quantitative estimate of drug-likeness (QED) is 0.825. The van der Waals surface area contributed by atoms with Crippen molar-refractivity contribution in [3.05, 3.63) is 64.7 Å². The highest BCUT2D eigenvalue weighted by Crippen LogP contribution is 2.29. The van der Waals surface area contributed by atoms with E-state index in [2.05, 4.69) is 52.7 Å². The van der Waals surface area contributed by atoms with Gasteiger partial charge in [0.1, 0.15) is 5.75 Å². The summed E-state index contributed by atoms with van der Waals surface area (Å²) in [4.78, 5) is 2.35. The van der Waals surface area contributed by atoms with E-state index in [-0.39, 0.29) is 6.10 Å². The number of nitrogens with zero attached hydrogens (tertiary/aromatic N) is 1. The predicted molar refractivity (Wildman–Crippen MR) is 108 cm³/mol. The Kier molecular flexibility index (Phi) is 5.77. The molecule has 0 radical (unpaired) electrons. The van der Waals surface area contributed by atoms with E-state index in [1.54, 1.807) is 7.11 Å². The maximum atomic E-state index is 9.77. The number of hydrogen-bond donors (Lipinski definition) is 2. The lowest BCUT2D eigenvalue weighted by Gasteiger charge is -2.27. The second-order valence-corrected chi connectivity index (χ2v) is 7.86. The van der Waals surface area contributed by atoms with Crippen LogP contribution in [0.5, 0.6) is 5.75 Å². The van der Waals surface area contributed by atoms with Crippen LogP contribution >= 0.6 is 0 Å². The van der Waals surface area contributed by atoms with Gasteiger partial charge in [0.2, 0.25) is 0 Å². The Morgan fingerprint density at radius 2 is 1.96 bits per heavy atom. The molecule has 2 N–H and O–H groups in total. The largest absolute Gasteiger partial charge is 0.496 e. The number of aliphatic hydroxyl groups is 1. The minimum Gasteiger partial charge on any atom is -0.496 e. The second kappa shape index (κ2) is 8.42. The molecule has 4 heteroatoms. The third-order valence-electron chi connectivity index (χ3n) is 6.00. The van der Waals surface area contributed by atoms with Crippen LogP contribution in [0.4, 0.5) is 0 Å². The Balaban J connectivity index is 1.38. The average molecular weight is 367 g/mol. The standard InChI is InChI=1S/C23H30N2O2/c1-27-23-8-4-7-17-13-20(9-10-22(17)23)24-14-18-5-2-3-6-19(18)15-25-12-11-21(26)16-25/h2-8,20-21,24,26H,9-16H2,1H3. The molecule has 1 aliphatic heterocycles. The lowest BCUT2D eigenvalue weighted by atomic mass is 9.87. The first-order chi connectivity index (χ1) is 13.2. The third kappa shape index (κ3) is 4.34. The number of likely N-dealkylation sites (tertiary alicyclic amines) is 1. The van der Waals surface area contributed by atoms with Gasteiger partial charge in [0.15, 0.2) is 0 Å². The molecule has 1 heterocycles. The first-order valence-corrected chi connectivity index (χ1v) is 10.1. The fourth-order valence-electron chi connectivity index (χ4n) is 4.47. The number of aliphatic hydroxyl groups excluding tert-OH is 1. The smallest absolute Gasteiger partial charge is 0.122 e. The molecule has 2 aromatic carbocycles. The van der Waals surface area contributed by atoms with E-state index in [4.69, 9.17) is 4.74 Å². The van der Waals surface area contributed by atoms with Gasteiger partial charge < -0.3 is 15.2 Å². The van der Waals surface area contributed by atoms with Crippen molar-refractivity contribution in [1.29, 1.82) is 0 Å². The number of hydrogen-bond acceptors (Lipinski definition) is 4. The van der Waals surface area contributed by atoms with Crippen LogP contribution in [0.25, 0.3) is 0 Å². The highest BCUT2D eigenvalue weighted by Gasteiger charge is 2.22. The summed E-state index contributed by atoms with van der Waals surface area (Å²) in [7, 11) is 1.76. The Morgan fingerprint density at radius 1 is 1.11 bits per heavy atom. The fraction of sp³-hybridized carbons (Fsp3) is 0.478. The summed E-state index contributed by atoms with van der Waals surface area (Å²) in [6, 6.07) is 15.6. The van der Waals surface area contributed by atoms with Crippen molar-refractivity contribution in [2.75, 3.05) is 20.2 Å². The van der Waals surface area contributed by atoms with Gasteiger partial charge in [-0.25, -0.2) is 0 Å². The van der Waals surface area contributed by atoms with Crippen molar-refractivity contribution in [3.63, 3.8) is 0 Å². The molecule has 2 atom stereocenters. The van der Waals surface area contributed by atoms with Crippen LogP contribution in [0.15, 0.2) is 42.5 Å². The van der Waals surface area contributed by atoms with Crippen LogP contribution in [0.1, 0.15) is 35.1 Å². The van der Waals surface area contributed by atoms with Gasteiger partial charge in [0.05, 0.1) is 13.2 Å². The molecule has 0 spiro atoms. The fourth-order valence-corrected chi connectivity index (χ4v) is 4.47. The molecule has 1 fully saturated rings. The molecule has 0 aromatic heterocycles. The van der Waals surface area contributed by atoms with E-state index in [9.17, 15) is 5.11 Å². The molecular formula is C23H30N2O2. The SMILES string of the molecule is COc1cccc2c1CCC(NCc1ccccc1CN1CCC(O)C1)C2. The van der Waals surface area contributed by atoms with Crippen molar-refractivity contribution in [3.8, 4) is 5.75 Å². The molecule has 4 nitrogen and oxygen atoms in total. The molecule has 4 rings (SSSR count). The molecule has 0 bridgehead atoms. The normalized spacial score (nSPS) is 22.6. The Labute approximate surface area is 162 Å². The van der Waals surface area contributed by atoms with Crippen LogP contribution in [0.3, 0.4) is 0 Å². The number of ether oxygens (including phenoxy) is 1. The van der Waals surface area contributed by atoms with Crippen molar-refractivity contribution < 1.29 is 9.84 Å². The van der Waals surface area contributed by atoms with Crippen LogP contribution in [0.2, 0.25) is 0 Å². The zero-order valence-electron chi connectivity index (χ0n) is 16.2. The Morgan fingerprint density at radius 3 is 2.74 bits per heavy atom. The van der Waals surface area contributed by atoms with Crippen molar-refractivity contribution in [2.24, 2.45) is 0 Å². The van der Waals surface area contributed by atoms with Gasteiger partial charge >= 0.3 is 0 Å². The summed E-state index contributed by atoms with van der Waals surface area (Å²) < 4.78 is 5.52. The number of benzene rings is 2. The van der Waals surface area contributed by atoms with E-state index in [1.807, 2.05) is 0 Å². The third-order valence-corrected chi connectivity index (χ3v) is 6.00. The van der Waals surface area contributed by atoms with Crippen molar-refractivity contribution >= 4 is 0 Å². The summed E-state index contributed by atoms with van der Waals surface area (Å²) in [6.45, 7) is 3.61. The zero-order chi connectivity index (χ0) is 18.6. The number of β-amino-alcohol motifs (C(OH)–C–C–N with tert-alkyl or cyclic N) is 1. The first kappa shape index (κ1) is 18.5. The number of rotatable bonds is 6. The number of methoxy groups -OCH3 is 1. The maximum Gasteiger partial charge on any atom is 0.122 e. The van der Waals surface area contributed by atoms with Gasteiger partial charge in [-0.05, 0) is 54.0 Å². The summed E-state index contributed by atoms with van der Waals surface area (Å²) in [5.74, 6) is 1.03. The van der Waals surface area contributed by atoms with Crippen LogP contribution < -0.4 is 10.1 Å². The molecule has 0 saturated carbocycles. The maximum absolute atomic E-state index is 9.77. The van der Waals surface area contributed by atoms with E-state index >= 15 is 0 Å². The summed E-state index contributed by atoms with van der Waals surface area (Å²) >= 11 is 0. The molecule has 2 unspecified atom stereocenters. The lowest BCUT2D eigenvalue weighted by Crippen LogP contribution is -2.34. The van der Waals surface area contributed by atoms with E-state index in [0.29, 0.717) is 6.04 Å². The first-order valence-electron chi connectivity index (χ1n) is 10.1. The minimum absolute atomic E-state index is 0.158. The number of fused-ring (bicyclic) bond motifs is 1. The van der Waals surface area contributed by atoms with Crippen LogP contribution in [-0.4, -0.2) is 42.4 Å². The molecule has 1 saturated heterocycles. The molecule has 0 amide bonds.